The van der Waals surface area contributed by atoms with Crippen molar-refractivity contribution < 1.29 is 0 Å². The number of nitrogens with two attached hydrogens (primary N) is 1. The van der Waals surface area contributed by atoms with Crippen LogP contribution in [-0.2, 0) is 0 Å². The van der Waals surface area contributed by atoms with Gasteiger partial charge in [0.05, 0.1) is 0 Å². The summed E-state index contributed by atoms with van der Waals surface area (Å²) in [4.78, 5) is 0. The summed E-state index contributed by atoms with van der Waals surface area (Å²) in [5.41, 5.74) is 5.94. The Hall–Kier alpha value is -0.0800. The van der Waals surface area contributed by atoms with E-state index in [2.05, 4.69) is 5.32 Å². The van der Waals surface area contributed by atoms with Gasteiger partial charge in [0.2, 0.25) is 0 Å². The molecule has 0 aromatic carbocycles. The predicted molar refractivity (Wildman–Crippen MR) is 46.4 cm³/mol. The second-order valence-corrected chi connectivity index (χ2v) is 4.00. The maximum Gasteiger partial charge on any atom is 0.0221 e. The molecule has 2 aliphatic rings. The van der Waals surface area contributed by atoms with Crippen molar-refractivity contribution in [1.82, 2.24) is 5.32 Å². The number of rotatable bonds is 2. The molecule has 0 bridgehead atoms. The van der Waals surface area contributed by atoms with Crippen molar-refractivity contribution in [2.75, 3.05) is 0 Å². The van der Waals surface area contributed by atoms with Crippen molar-refractivity contribution in [2.24, 2.45) is 5.73 Å². The molecule has 2 aliphatic carbocycles. The summed E-state index contributed by atoms with van der Waals surface area (Å²) in [6.45, 7) is 0. The lowest BCUT2D eigenvalue weighted by Gasteiger charge is -2.31. The van der Waals surface area contributed by atoms with Crippen molar-refractivity contribution in [2.45, 2.75) is 56.7 Å². The summed E-state index contributed by atoms with van der Waals surface area (Å²) in [6, 6.07) is 1.89. The zero-order chi connectivity index (χ0) is 7.68. The first-order valence-corrected chi connectivity index (χ1v) is 4.88. The minimum absolute atomic E-state index is 0.440. The Balaban J connectivity index is 1.75. The molecule has 3 N–H and O–H groups in total. The Morgan fingerprint density at radius 3 is 2.18 bits per heavy atom. The normalized spacial score (nSPS) is 39.0. The van der Waals surface area contributed by atoms with Gasteiger partial charge in [-0.25, -0.2) is 0 Å². The summed E-state index contributed by atoms with van der Waals surface area (Å²) in [5, 5.41) is 3.64. The van der Waals surface area contributed by atoms with Crippen molar-refractivity contribution in [3.05, 3.63) is 0 Å². The molecular formula is C9H18N2. The highest BCUT2D eigenvalue weighted by molar-refractivity contribution is 4.90. The molecule has 2 heteroatoms. The van der Waals surface area contributed by atoms with Gasteiger partial charge in [-0.2, -0.15) is 0 Å². The van der Waals surface area contributed by atoms with Crippen LogP contribution < -0.4 is 11.1 Å². The molecule has 0 aliphatic heterocycles. The average molecular weight is 154 g/mol. The number of nitrogens with one attached hydrogen (secondary N) is 1. The number of hydrogen-bond donors (Lipinski definition) is 2. The quantitative estimate of drug-likeness (QED) is 0.623. The van der Waals surface area contributed by atoms with Gasteiger partial charge in [0, 0.05) is 18.1 Å². The third kappa shape index (κ3) is 1.57. The highest BCUT2D eigenvalue weighted by Gasteiger charge is 2.27. The Morgan fingerprint density at radius 1 is 1.00 bits per heavy atom. The van der Waals surface area contributed by atoms with Gasteiger partial charge in [0.25, 0.3) is 0 Å². The largest absolute Gasteiger partial charge is 0.326 e. The van der Waals surface area contributed by atoms with E-state index in [0.29, 0.717) is 12.1 Å². The fourth-order valence-corrected chi connectivity index (χ4v) is 2.07. The smallest absolute Gasteiger partial charge is 0.0221 e. The van der Waals surface area contributed by atoms with Crippen LogP contribution in [0.15, 0.2) is 0 Å². The molecule has 0 spiro atoms. The van der Waals surface area contributed by atoms with Gasteiger partial charge >= 0.3 is 0 Å². The van der Waals surface area contributed by atoms with Crippen LogP contribution >= 0.6 is 0 Å². The second-order valence-electron chi connectivity index (χ2n) is 4.00. The van der Waals surface area contributed by atoms with Crippen LogP contribution in [0.5, 0.6) is 0 Å². The number of hydrogen-bond acceptors (Lipinski definition) is 2. The van der Waals surface area contributed by atoms with Gasteiger partial charge in [0.1, 0.15) is 0 Å². The van der Waals surface area contributed by atoms with Gasteiger partial charge in [-0.3, -0.25) is 0 Å². The molecule has 0 saturated heterocycles. The Labute approximate surface area is 68.5 Å². The molecule has 2 unspecified atom stereocenters. The third-order valence-electron chi connectivity index (χ3n) is 3.12. The zero-order valence-electron chi connectivity index (χ0n) is 7.05. The van der Waals surface area contributed by atoms with Crippen LogP contribution in [0.25, 0.3) is 0 Å². The van der Waals surface area contributed by atoms with Crippen LogP contribution in [0.4, 0.5) is 0 Å². The molecule has 2 rings (SSSR count). The van der Waals surface area contributed by atoms with Gasteiger partial charge in [-0.05, 0) is 25.7 Å². The topological polar surface area (TPSA) is 38.0 Å². The van der Waals surface area contributed by atoms with E-state index in [1.54, 1.807) is 0 Å². The molecule has 0 aromatic rings. The second kappa shape index (κ2) is 3.11. The molecule has 0 heterocycles. The average Bonchev–Trinajstić information content (AvgIpc) is 2.27. The summed E-state index contributed by atoms with van der Waals surface area (Å²) in [6.07, 6.45) is 8.03. The van der Waals surface area contributed by atoms with E-state index in [0.717, 1.165) is 6.04 Å². The van der Waals surface area contributed by atoms with E-state index in [-0.39, 0.29) is 0 Å². The van der Waals surface area contributed by atoms with Crippen molar-refractivity contribution in [3.8, 4) is 0 Å². The van der Waals surface area contributed by atoms with Crippen LogP contribution in [0.1, 0.15) is 38.5 Å². The van der Waals surface area contributed by atoms with Crippen molar-refractivity contribution >= 4 is 0 Å². The van der Waals surface area contributed by atoms with Crippen LogP contribution in [-0.4, -0.2) is 18.1 Å². The highest BCUT2D eigenvalue weighted by atomic mass is 15.0. The maximum atomic E-state index is 5.94. The zero-order valence-corrected chi connectivity index (χ0v) is 7.05. The summed E-state index contributed by atoms with van der Waals surface area (Å²) >= 11 is 0. The van der Waals surface area contributed by atoms with Gasteiger partial charge in [0.15, 0.2) is 0 Å². The lowest BCUT2D eigenvalue weighted by atomic mass is 9.92. The van der Waals surface area contributed by atoms with E-state index in [1.807, 2.05) is 0 Å². The third-order valence-corrected chi connectivity index (χ3v) is 3.12. The van der Waals surface area contributed by atoms with Crippen molar-refractivity contribution in [3.63, 3.8) is 0 Å². The van der Waals surface area contributed by atoms with E-state index >= 15 is 0 Å². The molecule has 11 heavy (non-hydrogen) atoms. The Bertz CT molecular complexity index is 132. The minimum Gasteiger partial charge on any atom is -0.326 e. The van der Waals surface area contributed by atoms with Gasteiger partial charge in [-0.1, -0.05) is 12.8 Å². The predicted octanol–water partition coefficient (Wildman–Crippen LogP) is 1.01. The molecule has 2 saturated carbocycles. The molecule has 0 radical (unpaired) electrons. The van der Waals surface area contributed by atoms with Crippen LogP contribution in [0.2, 0.25) is 0 Å². The Kier molecular flexibility index (Phi) is 2.14. The van der Waals surface area contributed by atoms with E-state index in [4.69, 9.17) is 5.73 Å². The van der Waals surface area contributed by atoms with Crippen molar-refractivity contribution in [1.29, 1.82) is 0 Å². The standard InChI is InChI=1S/C9H18N2/c10-8-5-2-6-9(8)11-7-3-1-4-7/h7-9,11H,1-6,10H2. The summed E-state index contributed by atoms with van der Waals surface area (Å²) < 4.78 is 0. The van der Waals surface area contributed by atoms with Gasteiger partial charge < -0.3 is 11.1 Å². The first-order valence-electron chi connectivity index (χ1n) is 4.88. The first kappa shape index (κ1) is 7.56. The monoisotopic (exact) mass is 154 g/mol. The van der Waals surface area contributed by atoms with E-state index in [1.165, 1.54) is 38.5 Å². The maximum absolute atomic E-state index is 5.94. The fourth-order valence-electron chi connectivity index (χ4n) is 2.07. The first-order chi connectivity index (χ1) is 5.36. The van der Waals surface area contributed by atoms with Crippen LogP contribution in [0, 0.1) is 0 Å². The molecule has 64 valence electrons. The summed E-state index contributed by atoms with van der Waals surface area (Å²) in [5.74, 6) is 0. The van der Waals surface area contributed by atoms with Crippen LogP contribution in [0.3, 0.4) is 0 Å². The molecule has 2 fully saturated rings. The fraction of sp³-hybridized carbons (Fsp3) is 1.00. The van der Waals surface area contributed by atoms with E-state index in [9.17, 15) is 0 Å². The molecule has 2 atom stereocenters. The SMILES string of the molecule is NC1CCCC1NC1CCC1. The van der Waals surface area contributed by atoms with E-state index < -0.39 is 0 Å². The molecular weight excluding hydrogens is 136 g/mol. The lowest BCUT2D eigenvalue weighted by Crippen LogP contribution is -2.48. The minimum atomic E-state index is 0.440. The Morgan fingerprint density at radius 2 is 1.73 bits per heavy atom. The molecule has 0 aromatic heterocycles. The van der Waals surface area contributed by atoms with Gasteiger partial charge in [-0.15, -0.1) is 0 Å². The molecule has 2 nitrogen and oxygen atoms in total. The summed E-state index contributed by atoms with van der Waals surface area (Å²) in [7, 11) is 0. The highest BCUT2D eigenvalue weighted by Crippen LogP contribution is 2.23. The molecule has 0 amide bonds. The lowest BCUT2D eigenvalue weighted by molar-refractivity contribution is 0.294.